The molecule has 3 aromatic rings. The van der Waals surface area contributed by atoms with E-state index < -0.39 is 0 Å². The molecular weight excluding hydrogens is 290 g/mol. The topological polar surface area (TPSA) is 63.9 Å². The molecule has 0 aliphatic rings. The number of carbonyl (C=O) groups excluding carboxylic acids is 1. The van der Waals surface area contributed by atoms with Gasteiger partial charge in [0.25, 0.3) is 0 Å². The molecule has 6 nitrogen and oxygen atoms in total. The first-order valence-corrected chi connectivity index (χ1v) is 7.29. The average Bonchev–Trinajstić information content (AvgIpc) is 3.03. The first kappa shape index (κ1) is 14.9. The van der Waals surface area contributed by atoms with Crippen LogP contribution in [-0.2, 0) is 6.42 Å². The van der Waals surface area contributed by atoms with Crippen LogP contribution in [0.15, 0.2) is 54.6 Å². The third kappa shape index (κ3) is 3.11. The van der Waals surface area contributed by atoms with Crippen LogP contribution in [0, 0.1) is 0 Å². The SMILES string of the molecule is CN(C)C(=O)n1nnnc1Cc1ccccc1-c1ccccc1. The standard InChI is InChI=1S/C17H17N5O/c1-21(2)17(23)22-16(18-19-20-22)12-14-10-6-7-11-15(14)13-8-4-3-5-9-13/h3-11H,12H2,1-2H3. The van der Waals surface area contributed by atoms with Crippen molar-refractivity contribution < 1.29 is 4.79 Å². The second-order valence-electron chi connectivity index (χ2n) is 5.38. The Labute approximate surface area is 134 Å². The van der Waals surface area contributed by atoms with Crippen LogP contribution in [0.2, 0.25) is 0 Å². The summed E-state index contributed by atoms with van der Waals surface area (Å²) in [6, 6.07) is 17.9. The second-order valence-corrected chi connectivity index (χ2v) is 5.38. The van der Waals surface area contributed by atoms with Crippen LogP contribution in [0.3, 0.4) is 0 Å². The molecule has 0 aliphatic carbocycles. The molecule has 0 N–H and O–H groups in total. The van der Waals surface area contributed by atoms with Gasteiger partial charge in [-0.05, 0) is 27.1 Å². The van der Waals surface area contributed by atoms with E-state index in [2.05, 4.69) is 33.7 Å². The largest absolute Gasteiger partial charge is 0.347 e. The first-order chi connectivity index (χ1) is 11.2. The zero-order valence-corrected chi connectivity index (χ0v) is 13.0. The number of amides is 1. The molecule has 1 heterocycles. The van der Waals surface area contributed by atoms with Crippen LogP contribution < -0.4 is 0 Å². The van der Waals surface area contributed by atoms with Crippen LogP contribution >= 0.6 is 0 Å². The summed E-state index contributed by atoms with van der Waals surface area (Å²) < 4.78 is 1.24. The highest BCUT2D eigenvalue weighted by atomic mass is 16.2. The number of rotatable bonds is 3. The fourth-order valence-corrected chi connectivity index (χ4v) is 2.40. The zero-order valence-electron chi connectivity index (χ0n) is 13.0. The molecule has 0 aliphatic heterocycles. The zero-order chi connectivity index (χ0) is 16.2. The number of nitrogens with zero attached hydrogens (tertiary/aromatic N) is 5. The summed E-state index contributed by atoms with van der Waals surface area (Å²) in [4.78, 5) is 13.6. The Morgan fingerprint density at radius 3 is 2.48 bits per heavy atom. The molecule has 23 heavy (non-hydrogen) atoms. The highest BCUT2D eigenvalue weighted by Gasteiger charge is 2.17. The number of aromatic nitrogens is 4. The first-order valence-electron chi connectivity index (χ1n) is 7.29. The lowest BCUT2D eigenvalue weighted by molar-refractivity contribution is 0.214. The average molecular weight is 307 g/mol. The number of hydrogen-bond acceptors (Lipinski definition) is 4. The minimum Gasteiger partial charge on any atom is -0.329 e. The maximum atomic E-state index is 12.1. The Kier molecular flexibility index (Phi) is 4.14. The van der Waals surface area contributed by atoms with Crippen LogP contribution in [-0.4, -0.2) is 45.2 Å². The van der Waals surface area contributed by atoms with Crippen molar-refractivity contribution in [3.63, 3.8) is 0 Å². The Morgan fingerprint density at radius 2 is 1.74 bits per heavy atom. The molecule has 1 aromatic heterocycles. The fraction of sp³-hybridized carbons (Fsp3) is 0.176. The predicted molar refractivity (Wildman–Crippen MR) is 87.0 cm³/mol. The lowest BCUT2D eigenvalue weighted by Crippen LogP contribution is -2.29. The molecule has 0 saturated carbocycles. The predicted octanol–water partition coefficient (Wildman–Crippen LogP) is 2.46. The number of benzene rings is 2. The third-order valence-corrected chi connectivity index (χ3v) is 3.55. The van der Waals surface area contributed by atoms with E-state index >= 15 is 0 Å². The Morgan fingerprint density at radius 1 is 1.04 bits per heavy atom. The maximum Gasteiger partial charge on any atom is 0.347 e. The van der Waals surface area contributed by atoms with Gasteiger partial charge in [0, 0.05) is 20.5 Å². The van der Waals surface area contributed by atoms with Crippen molar-refractivity contribution in [1.29, 1.82) is 0 Å². The summed E-state index contributed by atoms with van der Waals surface area (Å²) >= 11 is 0. The molecule has 2 aromatic carbocycles. The van der Waals surface area contributed by atoms with Gasteiger partial charge >= 0.3 is 6.03 Å². The van der Waals surface area contributed by atoms with Gasteiger partial charge in [-0.2, -0.15) is 0 Å². The van der Waals surface area contributed by atoms with Crippen molar-refractivity contribution in [3.8, 4) is 11.1 Å². The van der Waals surface area contributed by atoms with Gasteiger partial charge in [-0.3, -0.25) is 0 Å². The molecule has 0 saturated heterocycles. The monoisotopic (exact) mass is 307 g/mol. The van der Waals surface area contributed by atoms with Crippen molar-refractivity contribution in [2.75, 3.05) is 14.1 Å². The molecule has 116 valence electrons. The molecule has 6 heteroatoms. The van der Waals surface area contributed by atoms with E-state index in [0.29, 0.717) is 12.2 Å². The molecular formula is C17H17N5O. The highest BCUT2D eigenvalue weighted by Crippen LogP contribution is 2.24. The number of tetrazole rings is 1. The van der Waals surface area contributed by atoms with Gasteiger partial charge in [-0.15, -0.1) is 9.78 Å². The molecule has 0 spiro atoms. The van der Waals surface area contributed by atoms with Crippen molar-refractivity contribution in [2.45, 2.75) is 6.42 Å². The van der Waals surface area contributed by atoms with Crippen LogP contribution in [0.4, 0.5) is 4.79 Å². The lowest BCUT2D eigenvalue weighted by Gasteiger charge is -2.12. The summed E-state index contributed by atoms with van der Waals surface area (Å²) in [7, 11) is 3.34. The van der Waals surface area contributed by atoms with Crippen LogP contribution in [0.1, 0.15) is 11.4 Å². The quantitative estimate of drug-likeness (QED) is 0.697. The lowest BCUT2D eigenvalue weighted by atomic mass is 9.97. The van der Waals surface area contributed by atoms with Crippen molar-refractivity contribution in [2.24, 2.45) is 0 Å². The van der Waals surface area contributed by atoms with E-state index in [4.69, 9.17) is 0 Å². The van der Waals surface area contributed by atoms with E-state index in [1.54, 1.807) is 14.1 Å². The van der Waals surface area contributed by atoms with Crippen LogP contribution in [0.5, 0.6) is 0 Å². The van der Waals surface area contributed by atoms with Crippen LogP contribution in [0.25, 0.3) is 11.1 Å². The summed E-state index contributed by atoms with van der Waals surface area (Å²) in [6.07, 6.45) is 0.484. The summed E-state index contributed by atoms with van der Waals surface area (Å²) in [5.41, 5.74) is 3.31. The number of hydrogen-bond donors (Lipinski definition) is 0. The molecule has 0 unspecified atom stereocenters. The molecule has 0 fully saturated rings. The summed E-state index contributed by atoms with van der Waals surface area (Å²) in [6.45, 7) is 0. The molecule has 0 bridgehead atoms. The minimum atomic E-state index is -0.262. The Bertz CT molecular complexity index is 811. The molecule has 3 rings (SSSR count). The highest BCUT2D eigenvalue weighted by molar-refractivity contribution is 5.76. The van der Waals surface area contributed by atoms with Gasteiger partial charge < -0.3 is 4.90 Å². The molecule has 1 amide bonds. The third-order valence-electron chi connectivity index (χ3n) is 3.55. The van der Waals surface area contributed by atoms with E-state index in [1.807, 2.05) is 36.4 Å². The van der Waals surface area contributed by atoms with E-state index in [0.717, 1.165) is 16.7 Å². The van der Waals surface area contributed by atoms with Gasteiger partial charge in [0.05, 0.1) is 0 Å². The van der Waals surface area contributed by atoms with Gasteiger partial charge in [0.1, 0.15) is 0 Å². The summed E-state index contributed by atoms with van der Waals surface area (Å²) in [5.74, 6) is 0.520. The van der Waals surface area contributed by atoms with Crippen molar-refractivity contribution in [1.82, 2.24) is 25.1 Å². The van der Waals surface area contributed by atoms with E-state index in [1.165, 1.54) is 9.58 Å². The second kappa shape index (κ2) is 6.39. The van der Waals surface area contributed by atoms with Gasteiger partial charge in [0.2, 0.25) is 0 Å². The van der Waals surface area contributed by atoms with Crippen molar-refractivity contribution >= 4 is 6.03 Å². The van der Waals surface area contributed by atoms with Gasteiger partial charge in [0.15, 0.2) is 5.82 Å². The van der Waals surface area contributed by atoms with Crippen molar-refractivity contribution in [3.05, 3.63) is 66.0 Å². The normalized spacial score (nSPS) is 10.5. The van der Waals surface area contributed by atoms with E-state index in [-0.39, 0.29) is 6.03 Å². The molecule has 0 radical (unpaired) electrons. The maximum absolute atomic E-state index is 12.1. The summed E-state index contributed by atoms with van der Waals surface area (Å²) in [5, 5.41) is 11.4. The minimum absolute atomic E-state index is 0.262. The Hall–Kier alpha value is -3.02. The smallest absolute Gasteiger partial charge is 0.329 e. The number of carbonyl (C=O) groups is 1. The van der Waals surface area contributed by atoms with E-state index in [9.17, 15) is 4.79 Å². The Balaban J connectivity index is 1.97. The van der Waals surface area contributed by atoms with Gasteiger partial charge in [-0.25, -0.2) is 4.79 Å². The van der Waals surface area contributed by atoms with Gasteiger partial charge in [-0.1, -0.05) is 54.6 Å². The fourth-order valence-electron chi connectivity index (χ4n) is 2.40. The molecule has 0 atom stereocenters.